The normalized spacial score (nSPS) is 16.5. The highest BCUT2D eigenvalue weighted by Gasteiger charge is 2.35. The molecule has 4 heterocycles. The number of amides is 1. The number of aryl methyl sites for hydroxylation is 1. The van der Waals surface area contributed by atoms with Gasteiger partial charge in [0.1, 0.15) is 22.7 Å². The number of furan rings is 1. The monoisotopic (exact) mass is 426 g/mol. The van der Waals surface area contributed by atoms with Crippen LogP contribution in [0.3, 0.4) is 0 Å². The Kier molecular flexibility index (Phi) is 5.82. The van der Waals surface area contributed by atoms with Crippen LogP contribution < -0.4 is 0 Å². The third-order valence-electron chi connectivity index (χ3n) is 4.55. The quantitative estimate of drug-likeness (QED) is 0.408. The van der Waals surface area contributed by atoms with E-state index in [0.717, 1.165) is 32.9 Å². The second kappa shape index (κ2) is 8.51. The highest BCUT2D eigenvalue weighted by molar-refractivity contribution is 7.99. The summed E-state index contributed by atoms with van der Waals surface area (Å²) in [5.41, 5.74) is 1.83. The zero-order chi connectivity index (χ0) is 20.4. The molecular weight excluding hydrogens is 404 g/mol. The molecule has 0 radical (unpaired) electrons. The van der Waals surface area contributed by atoms with Gasteiger partial charge in [0.05, 0.1) is 22.6 Å². The SMILES string of the molecule is Cc1cc(SCC(=O)N2N=C(c3cccs3)CC2c2ccco2)nc(C(C)C)n1. The van der Waals surface area contributed by atoms with Gasteiger partial charge in [0, 0.05) is 18.0 Å². The predicted octanol–water partition coefficient (Wildman–Crippen LogP) is 5.03. The smallest absolute Gasteiger partial charge is 0.253 e. The van der Waals surface area contributed by atoms with Crippen molar-refractivity contribution >= 4 is 34.7 Å². The fourth-order valence-corrected chi connectivity index (χ4v) is 4.67. The van der Waals surface area contributed by atoms with Gasteiger partial charge in [0.25, 0.3) is 5.91 Å². The van der Waals surface area contributed by atoms with E-state index in [1.807, 2.05) is 42.6 Å². The molecule has 1 aliphatic rings. The molecule has 29 heavy (non-hydrogen) atoms. The molecule has 1 amide bonds. The standard InChI is InChI=1S/C21H22N4O2S2/c1-13(2)21-22-14(3)10-19(23-21)29-12-20(26)25-16(17-6-4-8-27-17)11-15(24-25)18-7-5-9-28-18/h4-10,13,16H,11-12H2,1-3H3. The molecule has 0 saturated heterocycles. The fraction of sp³-hybridized carbons (Fsp3) is 0.333. The van der Waals surface area contributed by atoms with Crippen molar-refractivity contribution in [2.45, 2.75) is 44.2 Å². The average Bonchev–Trinajstić information content (AvgIpc) is 3.46. The molecule has 0 spiro atoms. The number of thiophene rings is 1. The van der Waals surface area contributed by atoms with E-state index < -0.39 is 0 Å². The Hall–Kier alpha value is -2.45. The van der Waals surface area contributed by atoms with Crippen LogP contribution >= 0.6 is 23.1 Å². The molecule has 8 heteroatoms. The van der Waals surface area contributed by atoms with E-state index in [1.54, 1.807) is 22.6 Å². The van der Waals surface area contributed by atoms with Gasteiger partial charge in [-0.25, -0.2) is 15.0 Å². The Morgan fingerprint density at radius 3 is 2.90 bits per heavy atom. The van der Waals surface area contributed by atoms with Crippen LogP contribution in [0.2, 0.25) is 0 Å². The van der Waals surface area contributed by atoms with E-state index in [-0.39, 0.29) is 23.6 Å². The van der Waals surface area contributed by atoms with Crippen LogP contribution in [-0.2, 0) is 4.79 Å². The number of carbonyl (C=O) groups excluding carboxylic acids is 1. The number of hydrogen-bond acceptors (Lipinski definition) is 7. The molecule has 0 aliphatic carbocycles. The first kappa shape index (κ1) is 19.8. The third-order valence-corrected chi connectivity index (χ3v) is 6.37. The molecule has 150 valence electrons. The van der Waals surface area contributed by atoms with E-state index in [0.29, 0.717) is 6.42 Å². The molecule has 4 rings (SSSR count). The van der Waals surface area contributed by atoms with Gasteiger partial charge >= 0.3 is 0 Å². The van der Waals surface area contributed by atoms with Gasteiger partial charge in [-0.2, -0.15) is 5.10 Å². The lowest BCUT2D eigenvalue weighted by Gasteiger charge is -2.19. The number of thioether (sulfide) groups is 1. The van der Waals surface area contributed by atoms with Crippen LogP contribution in [-0.4, -0.2) is 32.3 Å². The first-order chi connectivity index (χ1) is 14.0. The Morgan fingerprint density at radius 2 is 2.21 bits per heavy atom. The lowest BCUT2D eigenvalue weighted by molar-refractivity contribution is -0.130. The summed E-state index contributed by atoms with van der Waals surface area (Å²) in [5.74, 6) is 1.98. The second-order valence-corrected chi connectivity index (χ2v) is 9.09. The van der Waals surface area contributed by atoms with E-state index in [1.165, 1.54) is 11.8 Å². The zero-order valence-corrected chi connectivity index (χ0v) is 18.2. The minimum Gasteiger partial charge on any atom is -0.467 e. The second-order valence-electron chi connectivity index (χ2n) is 7.15. The predicted molar refractivity (Wildman–Crippen MR) is 115 cm³/mol. The van der Waals surface area contributed by atoms with Crippen LogP contribution in [0.5, 0.6) is 0 Å². The molecule has 1 aliphatic heterocycles. The van der Waals surface area contributed by atoms with Crippen molar-refractivity contribution in [3.63, 3.8) is 0 Å². The van der Waals surface area contributed by atoms with Crippen LogP contribution in [0.25, 0.3) is 0 Å². The maximum atomic E-state index is 13.1. The minimum atomic E-state index is -0.214. The lowest BCUT2D eigenvalue weighted by Crippen LogP contribution is -2.28. The maximum Gasteiger partial charge on any atom is 0.253 e. The molecule has 0 bridgehead atoms. The molecule has 0 fully saturated rings. The largest absolute Gasteiger partial charge is 0.467 e. The van der Waals surface area contributed by atoms with Gasteiger partial charge in [-0.3, -0.25) is 4.79 Å². The van der Waals surface area contributed by atoms with Gasteiger partial charge in [-0.1, -0.05) is 31.7 Å². The molecular formula is C21H22N4O2S2. The highest BCUT2D eigenvalue weighted by atomic mass is 32.2. The first-order valence-electron chi connectivity index (χ1n) is 9.46. The van der Waals surface area contributed by atoms with Crippen molar-refractivity contribution in [1.82, 2.24) is 15.0 Å². The number of carbonyl (C=O) groups is 1. The molecule has 1 atom stereocenters. The maximum absolute atomic E-state index is 13.1. The van der Waals surface area contributed by atoms with Gasteiger partial charge in [-0.05, 0) is 36.6 Å². The summed E-state index contributed by atoms with van der Waals surface area (Å²) < 4.78 is 5.59. The number of rotatable bonds is 6. The topological polar surface area (TPSA) is 71.6 Å². The van der Waals surface area contributed by atoms with Crippen LogP contribution in [0, 0.1) is 6.92 Å². The minimum absolute atomic E-state index is 0.0645. The Bertz CT molecular complexity index is 1010. The van der Waals surface area contributed by atoms with Gasteiger partial charge < -0.3 is 4.42 Å². The molecule has 3 aromatic heterocycles. The number of nitrogens with zero attached hydrogens (tertiary/aromatic N) is 4. The summed E-state index contributed by atoms with van der Waals surface area (Å²) in [6.45, 7) is 6.07. The van der Waals surface area contributed by atoms with Crippen LogP contribution in [0.1, 0.15) is 54.4 Å². The van der Waals surface area contributed by atoms with E-state index in [9.17, 15) is 4.79 Å². The summed E-state index contributed by atoms with van der Waals surface area (Å²) >= 11 is 3.05. The molecule has 6 nitrogen and oxygen atoms in total. The van der Waals surface area contributed by atoms with Crippen LogP contribution in [0.4, 0.5) is 0 Å². The van der Waals surface area contributed by atoms with Gasteiger partial charge in [0.2, 0.25) is 0 Å². The summed E-state index contributed by atoms with van der Waals surface area (Å²) in [5, 5.41) is 9.04. The summed E-state index contributed by atoms with van der Waals surface area (Å²) in [7, 11) is 0. The average molecular weight is 427 g/mol. The van der Waals surface area contributed by atoms with Crippen molar-refractivity contribution < 1.29 is 9.21 Å². The molecule has 1 unspecified atom stereocenters. The highest BCUT2D eigenvalue weighted by Crippen LogP contribution is 2.34. The zero-order valence-electron chi connectivity index (χ0n) is 16.5. The fourth-order valence-electron chi connectivity index (χ4n) is 3.13. The molecule has 3 aromatic rings. The third kappa shape index (κ3) is 4.43. The number of hydrogen-bond donors (Lipinski definition) is 0. The molecule has 0 N–H and O–H groups in total. The number of aromatic nitrogens is 2. The van der Waals surface area contributed by atoms with Crippen molar-refractivity contribution in [3.8, 4) is 0 Å². The van der Waals surface area contributed by atoms with E-state index in [4.69, 9.17) is 4.42 Å². The Labute approximate surface area is 178 Å². The van der Waals surface area contributed by atoms with Crippen molar-refractivity contribution in [2.75, 3.05) is 5.75 Å². The summed E-state index contributed by atoms with van der Waals surface area (Å²) in [4.78, 5) is 23.2. The molecule has 0 saturated carbocycles. The molecule has 0 aromatic carbocycles. The summed E-state index contributed by atoms with van der Waals surface area (Å²) in [6.07, 6.45) is 2.28. The lowest BCUT2D eigenvalue weighted by atomic mass is 10.1. The van der Waals surface area contributed by atoms with E-state index >= 15 is 0 Å². The van der Waals surface area contributed by atoms with Crippen molar-refractivity contribution in [3.05, 3.63) is 64.1 Å². The first-order valence-corrected chi connectivity index (χ1v) is 11.3. The van der Waals surface area contributed by atoms with Crippen LogP contribution in [0.15, 0.2) is 56.5 Å². The van der Waals surface area contributed by atoms with Gasteiger partial charge in [-0.15, -0.1) is 11.3 Å². The Morgan fingerprint density at radius 1 is 1.34 bits per heavy atom. The number of hydrazone groups is 1. The van der Waals surface area contributed by atoms with Gasteiger partial charge in [0.15, 0.2) is 0 Å². The summed E-state index contributed by atoms with van der Waals surface area (Å²) in [6, 6.07) is 9.46. The Balaban J connectivity index is 1.52. The van der Waals surface area contributed by atoms with Crippen molar-refractivity contribution in [2.24, 2.45) is 5.10 Å². The van der Waals surface area contributed by atoms with E-state index in [2.05, 4.69) is 28.9 Å². The van der Waals surface area contributed by atoms with Crippen molar-refractivity contribution in [1.29, 1.82) is 0 Å².